The van der Waals surface area contributed by atoms with Crippen molar-refractivity contribution in [3.63, 3.8) is 0 Å². The van der Waals surface area contributed by atoms with Crippen molar-refractivity contribution in [1.82, 2.24) is 19.7 Å². The molecule has 0 fully saturated rings. The van der Waals surface area contributed by atoms with Crippen LogP contribution < -0.4 is 4.74 Å². The van der Waals surface area contributed by atoms with Gasteiger partial charge in [0.1, 0.15) is 10.9 Å². The van der Waals surface area contributed by atoms with Crippen LogP contribution in [0.15, 0.2) is 60.4 Å². The lowest BCUT2D eigenvalue weighted by molar-refractivity contribution is 0.415. The fraction of sp³-hybridized carbons (Fsp3) is 0.167. The molecule has 2 aromatic heterocycles. The lowest BCUT2D eigenvalue weighted by Crippen LogP contribution is -2.00. The van der Waals surface area contributed by atoms with E-state index in [0.717, 1.165) is 33.6 Å². The van der Waals surface area contributed by atoms with E-state index in [1.165, 1.54) is 0 Å². The summed E-state index contributed by atoms with van der Waals surface area (Å²) in [4.78, 5) is 4.10. The van der Waals surface area contributed by atoms with Crippen molar-refractivity contribution >= 4 is 23.4 Å². The highest BCUT2D eigenvalue weighted by atomic mass is 35.5. The van der Waals surface area contributed by atoms with E-state index in [2.05, 4.69) is 21.8 Å². The number of ether oxygens (including phenoxy) is 1. The van der Waals surface area contributed by atoms with Crippen molar-refractivity contribution in [3.05, 3.63) is 66.0 Å². The van der Waals surface area contributed by atoms with Crippen LogP contribution in [0.3, 0.4) is 0 Å². The topological polar surface area (TPSA) is 52.8 Å². The highest BCUT2D eigenvalue weighted by Crippen LogP contribution is 2.27. The third-order valence-corrected chi connectivity index (χ3v) is 4.79. The number of methoxy groups -OCH3 is 1. The van der Waals surface area contributed by atoms with E-state index in [1.54, 1.807) is 31.1 Å². The predicted octanol–water partition coefficient (Wildman–Crippen LogP) is 4.48. The number of aromatic nitrogens is 4. The van der Waals surface area contributed by atoms with Gasteiger partial charge >= 0.3 is 0 Å². The zero-order valence-corrected chi connectivity index (χ0v) is 15.3. The maximum Gasteiger partial charge on any atom is 0.192 e. The van der Waals surface area contributed by atoms with Gasteiger partial charge in [-0.05, 0) is 35.9 Å². The van der Waals surface area contributed by atoms with Crippen LogP contribution in [0.2, 0.25) is 5.15 Å². The van der Waals surface area contributed by atoms with E-state index in [0.29, 0.717) is 11.7 Å². The number of thioether (sulfide) groups is 1. The minimum atomic E-state index is 0.491. The summed E-state index contributed by atoms with van der Waals surface area (Å²) in [5.74, 6) is 2.35. The standard InChI is InChI=1S/C18H17ClN4OS/c1-3-10-23-17(14-5-7-15(24-2)8-6-14)21-22-18(23)25-12-13-4-9-16(19)20-11-13/h3-9,11H,1,10,12H2,2H3. The second kappa shape index (κ2) is 8.18. The Hall–Kier alpha value is -2.31. The van der Waals surface area contributed by atoms with Crippen LogP contribution >= 0.6 is 23.4 Å². The number of halogens is 1. The maximum atomic E-state index is 5.82. The molecule has 0 aliphatic rings. The number of allylic oxidation sites excluding steroid dienone is 1. The van der Waals surface area contributed by atoms with Crippen LogP contribution in [0.25, 0.3) is 11.4 Å². The van der Waals surface area contributed by atoms with E-state index in [9.17, 15) is 0 Å². The SMILES string of the molecule is C=CCn1c(SCc2ccc(Cl)nc2)nnc1-c1ccc(OC)cc1. The zero-order valence-electron chi connectivity index (χ0n) is 13.7. The molecule has 7 heteroatoms. The van der Waals surface area contributed by atoms with Gasteiger partial charge in [-0.15, -0.1) is 16.8 Å². The van der Waals surface area contributed by atoms with Crippen molar-refractivity contribution in [2.45, 2.75) is 17.5 Å². The molecule has 0 unspecified atom stereocenters. The molecule has 0 radical (unpaired) electrons. The molecular formula is C18H17ClN4OS. The first-order chi connectivity index (χ1) is 12.2. The summed E-state index contributed by atoms with van der Waals surface area (Å²) in [6.07, 6.45) is 3.61. The minimum absolute atomic E-state index is 0.491. The molecule has 3 aromatic rings. The predicted molar refractivity (Wildman–Crippen MR) is 101 cm³/mol. The molecule has 0 saturated carbocycles. The van der Waals surface area contributed by atoms with E-state index in [1.807, 2.05) is 41.0 Å². The molecule has 0 bridgehead atoms. The van der Waals surface area contributed by atoms with Gasteiger partial charge in [0.2, 0.25) is 0 Å². The molecule has 0 spiro atoms. The Morgan fingerprint density at radius 2 is 2.00 bits per heavy atom. The van der Waals surface area contributed by atoms with Crippen LogP contribution in [0.1, 0.15) is 5.56 Å². The van der Waals surface area contributed by atoms with E-state index >= 15 is 0 Å². The van der Waals surface area contributed by atoms with Crippen LogP contribution in [-0.2, 0) is 12.3 Å². The fourth-order valence-electron chi connectivity index (χ4n) is 2.28. The van der Waals surface area contributed by atoms with Crippen molar-refractivity contribution in [3.8, 4) is 17.1 Å². The summed E-state index contributed by atoms with van der Waals surface area (Å²) in [5, 5.41) is 10.0. The minimum Gasteiger partial charge on any atom is -0.497 e. The average molecular weight is 373 g/mol. The highest BCUT2D eigenvalue weighted by Gasteiger charge is 2.14. The van der Waals surface area contributed by atoms with Crippen LogP contribution in [-0.4, -0.2) is 26.9 Å². The molecule has 0 saturated heterocycles. The number of rotatable bonds is 7. The van der Waals surface area contributed by atoms with E-state index in [4.69, 9.17) is 16.3 Å². The Morgan fingerprint density at radius 3 is 2.64 bits per heavy atom. The summed E-state index contributed by atoms with van der Waals surface area (Å²) >= 11 is 7.43. The van der Waals surface area contributed by atoms with Crippen LogP contribution in [0, 0.1) is 0 Å². The summed E-state index contributed by atoms with van der Waals surface area (Å²) in [6, 6.07) is 11.5. The van der Waals surface area contributed by atoms with E-state index < -0.39 is 0 Å². The maximum absolute atomic E-state index is 5.82. The average Bonchev–Trinajstić information content (AvgIpc) is 3.04. The fourth-order valence-corrected chi connectivity index (χ4v) is 3.28. The number of benzene rings is 1. The number of nitrogens with zero attached hydrogens (tertiary/aromatic N) is 4. The van der Waals surface area contributed by atoms with Gasteiger partial charge in [-0.25, -0.2) is 4.98 Å². The summed E-state index contributed by atoms with van der Waals surface area (Å²) in [7, 11) is 1.65. The third kappa shape index (κ3) is 4.21. The molecule has 128 valence electrons. The molecule has 0 amide bonds. The Labute approximate surface area is 155 Å². The van der Waals surface area contributed by atoms with Crippen molar-refractivity contribution < 1.29 is 4.74 Å². The lowest BCUT2D eigenvalue weighted by atomic mass is 10.2. The van der Waals surface area contributed by atoms with Gasteiger partial charge in [0.25, 0.3) is 0 Å². The second-order valence-corrected chi connectivity index (χ2v) is 6.54. The first kappa shape index (κ1) is 17.5. The molecular weight excluding hydrogens is 356 g/mol. The van der Waals surface area contributed by atoms with Gasteiger partial charge in [0.15, 0.2) is 11.0 Å². The molecule has 3 rings (SSSR count). The largest absolute Gasteiger partial charge is 0.497 e. The summed E-state index contributed by atoms with van der Waals surface area (Å²) < 4.78 is 7.25. The Bertz CT molecular complexity index is 847. The summed E-state index contributed by atoms with van der Waals surface area (Å²) in [6.45, 7) is 4.47. The molecule has 1 aromatic carbocycles. The molecule has 2 heterocycles. The highest BCUT2D eigenvalue weighted by molar-refractivity contribution is 7.98. The number of hydrogen-bond acceptors (Lipinski definition) is 5. The monoisotopic (exact) mass is 372 g/mol. The molecule has 0 atom stereocenters. The van der Waals surface area contributed by atoms with E-state index in [-0.39, 0.29) is 0 Å². The van der Waals surface area contributed by atoms with Gasteiger partial charge < -0.3 is 4.74 Å². The smallest absolute Gasteiger partial charge is 0.192 e. The van der Waals surface area contributed by atoms with Gasteiger partial charge in [0.05, 0.1) is 7.11 Å². The van der Waals surface area contributed by atoms with Crippen molar-refractivity contribution in [1.29, 1.82) is 0 Å². The molecule has 0 N–H and O–H groups in total. The van der Waals surface area contributed by atoms with Crippen molar-refractivity contribution in [2.24, 2.45) is 0 Å². The Balaban J connectivity index is 1.83. The second-order valence-electron chi connectivity index (χ2n) is 5.21. The molecule has 0 aliphatic heterocycles. The summed E-state index contributed by atoms with van der Waals surface area (Å²) in [5.41, 5.74) is 2.06. The first-order valence-electron chi connectivity index (χ1n) is 7.63. The third-order valence-electron chi connectivity index (χ3n) is 3.53. The quantitative estimate of drug-likeness (QED) is 0.347. The van der Waals surface area contributed by atoms with Gasteiger partial charge in [-0.3, -0.25) is 4.57 Å². The van der Waals surface area contributed by atoms with Gasteiger partial charge in [-0.1, -0.05) is 35.5 Å². The number of pyridine rings is 1. The van der Waals surface area contributed by atoms with Gasteiger partial charge in [0, 0.05) is 24.1 Å². The Morgan fingerprint density at radius 1 is 1.20 bits per heavy atom. The lowest BCUT2D eigenvalue weighted by Gasteiger charge is -2.08. The van der Waals surface area contributed by atoms with Crippen LogP contribution in [0.4, 0.5) is 0 Å². The van der Waals surface area contributed by atoms with Crippen molar-refractivity contribution in [2.75, 3.05) is 7.11 Å². The molecule has 0 aliphatic carbocycles. The number of hydrogen-bond donors (Lipinski definition) is 0. The Kier molecular flexibility index (Phi) is 5.73. The molecule has 25 heavy (non-hydrogen) atoms. The normalized spacial score (nSPS) is 10.6. The van der Waals surface area contributed by atoms with Gasteiger partial charge in [-0.2, -0.15) is 0 Å². The molecule has 5 nitrogen and oxygen atoms in total. The zero-order chi connectivity index (χ0) is 17.6. The van der Waals surface area contributed by atoms with Crippen LogP contribution in [0.5, 0.6) is 5.75 Å². The first-order valence-corrected chi connectivity index (χ1v) is 8.99.